The molecule has 0 N–H and O–H groups in total. The lowest BCUT2D eigenvalue weighted by Gasteiger charge is -2.45. The topological polar surface area (TPSA) is 51.2 Å². The van der Waals surface area contributed by atoms with E-state index in [1.165, 1.54) is 11.8 Å². The fourth-order valence-corrected chi connectivity index (χ4v) is 6.00. The SMILES string of the molecule is CC(C)N(C(C)C)P(OCOCOCSC(=O)C[N+](C)(C)C)N(C(C)C)C(C)C. The monoisotopic (exact) mass is 454 g/mol. The summed E-state index contributed by atoms with van der Waals surface area (Å²) in [6.45, 7) is 18.4. The van der Waals surface area contributed by atoms with E-state index >= 15 is 0 Å². The summed E-state index contributed by atoms with van der Waals surface area (Å²) in [5.74, 6) is 0.293. The third kappa shape index (κ3) is 12.6. The number of hydrogen-bond acceptors (Lipinski definition) is 7. The van der Waals surface area contributed by atoms with Crippen molar-refractivity contribution in [2.45, 2.75) is 79.6 Å². The second kappa shape index (κ2) is 14.3. The Labute approximate surface area is 184 Å². The molecular weight excluding hydrogens is 409 g/mol. The summed E-state index contributed by atoms with van der Waals surface area (Å²) in [5, 5.41) is 0.117. The van der Waals surface area contributed by atoms with Crippen LogP contribution in [0.2, 0.25) is 0 Å². The van der Waals surface area contributed by atoms with E-state index in [-0.39, 0.29) is 18.7 Å². The van der Waals surface area contributed by atoms with E-state index in [0.29, 0.717) is 41.1 Å². The number of thioether (sulfide) groups is 1. The Bertz CT molecular complexity index is 423. The predicted molar refractivity (Wildman–Crippen MR) is 124 cm³/mol. The van der Waals surface area contributed by atoms with Crippen LogP contribution < -0.4 is 0 Å². The highest BCUT2D eigenvalue weighted by molar-refractivity contribution is 8.13. The Kier molecular flexibility index (Phi) is 14.4. The van der Waals surface area contributed by atoms with Crippen LogP contribution in [0.15, 0.2) is 0 Å². The second-order valence-electron chi connectivity index (χ2n) is 9.24. The molecule has 0 atom stereocenters. The summed E-state index contributed by atoms with van der Waals surface area (Å²) in [4.78, 5) is 11.8. The van der Waals surface area contributed by atoms with Gasteiger partial charge in [-0.2, -0.15) is 0 Å². The van der Waals surface area contributed by atoms with Gasteiger partial charge in [0.05, 0.1) is 21.1 Å². The van der Waals surface area contributed by atoms with Gasteiger partial charge in [0.15, 0.2) is 22.0 Å². The zero-order valence-corrected chi connectivity index (χ0v) is 22.2. The van der Waals surface area contributed by atoms with Crippen LogP contribution in [0, 0.1) is 0 Å². The number of rotatable bonds is 15. The fraction of sp³-hybridized carbons (Fsp3) is 0.950. The lowest BCUT2D eigenvalue weighted by molar-refractivity contribution is -0.861. The molecule has 0 rings (SSSR count). The van der Waals surface area contributed by atoms with Gasteiger partial charge in [0.2, 0.25) is 5.12 Å². The maximum atomic E-state index is 11.8. The predicted octanol–water partition coefficient (Wildman–Crippen LogP) is 4.34. The van der Waals surface area contributed by atoms with Gasteiger partial charge in [-0.1, -0.05) is 11.8 Å². The van der Waals surface area contributed by atoms with Crippen LogP contribution in [0.5, 0.6) is 0 Å². The van der Waals surface area contributed by atoms with Crippen molar-refractivity contribution in [1.29, 1.82) is 0 Å². The van der Waals surface area contributed by atoms with Gasteiger partial charge in [-0.25, -0.2) is 9.34 Å². The normalized spacial score (nSPS) is 13.3. The van der Waals surface area contributed by atoms with E-state index in [4.69, 9.17) is 14.0 Å². The van der Waals surface area contributed by atoms with Crippen molar-refractivity contribution >= 4 is 25.3 Å². The summed E-state index contributed by atoms with van der Waals surface area (Å²) in [6.07, 6.45) is 0. The summed E-state index contributed by atoms with van der Waals surface area (Å²) < 4.78 is 22.7. The average Bonchev–Trinajstić information content (AvgIpc) is 2.50. The third-order valence-electron chi connectivity index (χ3n) is 3.84. The molecule has 0 unspecified atom stereocenters. The summed E-state index contributed by atoms with van der Waals surface area (Å²) in [6, 6.07) is 1.45. The number of quaternary nitrogens is 1. The Morgan fingerprint density at radius 3 is 1.66 bits per heavy atom. The molecule has 0 aromatic carbocycles. The maximum absolute atomic E-state index is 11.8. The lowest BCUT2D eigenvalue weighted by atomic mass is 10.3. The molecule has 174 valence electrons. The Balaban J connectivity index is 4.59. The Morgan fingerprint density at radius 2 is 1.28 bits per heavy atom. The standard InChI is InChI=1S/C20H45N3O4PS/c1-16(2)21(17(3)4)28(22(18(5)6)19(7)8)27-14-25-13-26-15-29-20(24)12-23(9,10)11/h16-19H,12-15H2,1-11H3/q+1. The van der Waals surface area contributed by atoms with Crippen molar-refractivity contribution in [2.75, 3.05) is 47.2 Å². The Morgan fingerprint density at radius 1 is 0.828 bits per heavy atom. The summed E-state index contributed by atoms with van der Waals surface area (Å²) in [5.41, 5.74) is 0. The van der Waals surface area contributed by atoms with Gasteiger partial charge in [-0.15, -0.1) is 0 Å². The van der Waals surface area contributed by atoms with Gasteiger partial charge in [0.1, 0.15) is 12.5 Å². The van der Waals surface area contributed by atoms with Gasteiger partial charge in [-0.05, 0) is 55.4 Å². The molecule has 9 heteroatoms. The second-order valence-corrected chi connectivity index (χ2v) is 11.9. The molecule has 0 bridgehead atoms. The minimum atomic E-state index is -0.971. The van der Waals surface area contributed by atoms with Crippen LogP contribution in [-0.2, 0) is 18.8 Å². The van der Waals surface area contributed by atoms with E-state index in [0.717, 1.165) is 0 Å². The first-order valence-electron chi connectivity index (χ1n) is 10.4. The van der Waals surface area contributed by atoms with Crippen LogP contribution in [-0.4, -0.2) is 90.3 Å². The van der Waals surface area contributed by atoms with E-state index in [9.17, 15) is 4.79 Å². The molecule has 0 radical (unpaired) electrons. The van der Waals surface area contributed by atoms with Crippen LogP contribution in [0.25, 0.3) is 0 Å². The molecule has 0 spiro atoms. The summed E-state index contributed by atoms with van der Waals surface area (Å²) >= 11 is 1.18. The van der Waals surface area contributed by atoms with Crippen LogP contribution in [0.3, 0.4) is 0 Å². The highest BCUT2D eigenvalue weighted by Gasteiger charge is 2.34. The van der Waals surface area contributed by atoms with Crippen LogP contribution >= 0.6 is 20.2 Å². The first kappa shape index (κ1) is 29.2. The van der Waals surface area contributed by atoms with Gasteiger partial charge in [0, 0.05) is 24.2 Å². The van der Waals surface area contributed by atoms with Crippen molar-refractivity contribution in [2.24, 2.45) is 0 Å². The first-order valence-corrected chi connectivity index (χ1v) is 12.5. The van der Waals surface area contributed by atoms with Crippen molar-refractivity contribution in [3.63, 3.8) is 0 Å². The molecule has 0 fully saturated rings. The molecule has 0 aliphatic carbocycles. The van der Waals surface area contributed by atoms with E-state index in [1.54, 1.807) is 0 Å². The van der Waals surface area contributed by atoms with Gasteiger partial charge in [-0.3, -0.25) is 4.79 Å². The highest BCUT2D eigenvalue weighted by atomic mass is 32.2. The van der Waals surface area contributed by atoms with Crippen LogP contribution in [0.1, 0.15) is 55.4 Å². The minimum absolute atomic E-state index is 0.112. The van der Waals surface area contributed by atoms with Crippen molar-refractivity contribution in [3.8, 4) is 0 Å². The molecule has 0 aromatic heterocycles. The lowest BCUT2D eigenvalue weighted by Crippen LogP contribution is -2.43. The third-order valence-corrected chi connectivity index (χ3v) is 7.55. The van der Waals surface area contributed by atoms with Crippen LogP contribution in [0.4, 0.5) is 0 Å². The average molecular weight is 455 g/mol. The zero-order valence-electron chi connectivity index (χ0n) is 20.5. The largest absolute Gasteiger partial charge is 0.344 e. The molecule has 7 nitrogen and oxygen atoms in total. The molecule has 0 saturated heterocycles. The molecular formula is C20H45N3O4PS+. The zero-order chi connectivity index (χ0) is 22.8. The van der Waals surface area contributed by atoms with Crippen molar-refractivity contribution in [3.05, 3.63) is 0 Å². The molecule has 0 aliphatic heterocycles. The smallest absolute Gasteiger partial charge is 0.245 e. The van der Waals surface area contributed by atoms with Gasteiger partial charge >= 0.3 is 0 Å². The van der Waals surface area contributed by atoms with E-state index < -0.39 is 8.45 Å². The maximum Gasteiger partial charge on any atom is 0.245 e. The summed E-state index contributed by atoms with van der Waals surface area (Å²) in [7, 11) is 5.01. The number of hydrogen-bond donors (Lipinski definition) is 0. The fourth-order valence-electron chi connectivity index (χ4n) is 2.99. The van der Waals surface area contributed by atoms with E-state index in [2.05, 4.69) is 64.7 Å². The first-order chi connectivity index (χ1) is 13.3. The molecule has 0 aromatic rings. The molecule has 0 heterocycles. The molecule has 0 amide bonds. The molecule has 29 heavy (non-hydrogen) atoms. The molecule has 0 saturated carbocycles. The van der Waals surface area contributed by atoms with E-state index in [1.807, 2.05) is 21.1 Å². The number of likely N-dealkylation sites (N-methyl/N-ethyl adjacent to an activating group) is 1. The molecule has 0 aliphatic rings. The van der Waals surface area contributed by atoms with Crippen molar-refractivity contribution < 1.29 is 23.3 Å². The van der Waals surface area contributed by atoms with Crippen molar-refractivity contribution in [1.82, 2.24) is 9.34 Å². The van der Waals surface area contributed by atoms with Gasteiger partial charge in [0.25, 0.3) is 0 Å². The minimum Gasteiger partial charge on any atom is -0.344 e. The quantitative estimate of drug-likeness (QED) is 0.158. The number of ether oxygens (including phenoxy) is 2. The number of carbonyl (C=O) groups excluding carboxylic acids is 1. The Hall–Kier alpha value is 0.210. The number of nitrogens with zero attached hydrogens (tertiary/aromatic N) is 3. The highest BCUT2D eigenvalue weighted by Crippen LogP contribution is 2.50. The number of carbonyl (C=O) groups is 1. The van der Waals surface area contributed by atoms with Gasteiger partial charge < -0.3 is 18.5 Å².